The second kappa shape index (κ2) is 8.31. The summed E-state index contributed by atoms with van der Waals surface area (Å²) in [4.78, 5) is 44.2. The highest BCUT2D eigenvalue weighted by Crippen LogP contribution is 2.27. The molecule has 1 aromatic carbocycles. The van der Waals surface area contributed by atoms with Crippen molar-refractivity contribution in [3.63, 3.8) is 0 Å². The van der Waals surface area contributed by atoms with Crippen LogP contribution in [0.4, 0.5) is 0 Å². The Hall–Kier alpha value is -2.77. The van der Waals surface area contributed by atoms with Crippen LogP contribution >= 0.6 is 22.9 Å². The molecule has 2 aromatic heterocycles. The number of benzene rings is 1. The Kier molecular flexibility index (Phi) is 6.00. The number of hydrogen-bond donors (Lipinski definition) is 1. The number of H-pyrrole nitrogens is 1. The van der Waals surface area contributed by atoms with Crippen molar-refractivity contribution in [3.05, 3.63) is 62.9 Å². The minimum Gasteiger partial charge on any atom is -0.449 e. The lowest BCUT2D eigenvalue weighted by molar-refractivity contribution is 0.0312. The van der Waals surface area contributed by atoms with Crippen molar-refractivity contribution in [1.29, 1.82) is 0 Å². The number of carbonyl (C=O) groups is 3. The lowest BCUT2D eigenvalue weighted by Gasteiger charge is -2.11. The summed E-state index contributed by atoms with van der Waals surface area (Å²) in [6.07, 6.45) is -1.03. The van der Waals surface area contributed by atoms with E-state index in [-0.39, 0.29) is 17.2 Å². The number of rotatable bonds is 6. The van der Waals surface area contributed by atoms with Crippen LogP contribution in [0.25, 0.3) is 10.6 Å². The van der Waals surface area contributed by atoms with Crippen LogP contribution in [0.1, 0.15) is 56.4 Å². The van der Waals surface area contributed by atoms with Crippen molar-refractivity contribution in [3.8, 4) is 10.6 Å². The van der Waals surface area contributed by atoms with Gasteiger partial charge in [-0.1, -0.05) is 23.7 Å². The Labute approximate surface area is 176 Å². The molecule has 29 heavy (non-hydrogen) atoms. The van der Waals surface area contributed by atoms with E-state index >= 15 is 0 Å². The monoisotopic (exact) mass is 430 g/mol. The van der Waals surface area contributed by atoms with E-state index in [9.17, 15) is 14.4 Å². The number of hydrogen-bond acceptors (Lipinski definition) is 6. The van der Waals surface area contributed by atoms with E-state index in [0.29, 0.717) is 26.9 Å². The zero-order valence-electron chi connectivity index (χ0n) is 16.3. The number of carbonyl (C=O) groups excluding carboxylic acids is 3. The summed E-state index contributed by atoms with van der Waals surface area (Å²) in [5.74, 6) is -1.23. The van der Waals surface area contributed by atoms with Gasteiger partial charge < -0.3 is 9.72 Å². The molecule has 0 radical (unpaired) electrons. The van der Waals surface area contributed by atoms with Gasteiger partial charge in [0.05, 0.1) is 5.69 Å². The zero-order chi connectivity index (χ0) is 21.3. The molecule has 0 fully saturated rings. The Morgan fingerprint density at radius 1 is 1.24 bits per heavy atom. The highest BCUT2D eigenvalue weighted by molar-refractivity contribution is 7.13. The van der Waals surface area contributed by atoms with E-state index in [1.807, 2.05) is 6.07 Å². The lowest BCUT2D eigenvalue weighted by Crippen LogP contribution is -2.25. The average molecular weight is 431 g/mol. The predicted octanol–water partition coefficient (Wildman–Crippen LogP) is 5.04. The van der Waals surface area contributed by atoms with Crippen LogP contribution in [0.2, 0.25) is 5.02 Å². The smallest absolute Gasteiger partial charge is 0.358 e. The SMILES string of the molecule is CC(=O)c1c(C)[nH]c(C(=O)C(C)OC(=O)c2csc(-c3cccc(Cl)c3)n2)c1C. The van der Waals surface area contributed by atoms with E-state index in [4.69, 9.17) is 16.3 Å². The molecule has 0 spiro atoms. The van der Waals surface area contributed by atoms with Crippen molar-refractivity contribution in [2.24, 2.45) is 0 Å². The first-order chi connectivity index (χ1) is 13.7. The molecule has 8 heteroatoms. The van der Waals surface area contributed by atoms with Gasteiger partial charge in [0.2, 0.25) is 5.78 Å². The minimum absolute atomic E-state index is 0.119. The van der Waals surface area contributed by atoms with Crippen LogP contribution in [-0.2, 0) is 4.74 Å². The summed E-state index contributed by atoms with van der Waals surface area (Å²) in [5, 5.41) is 2.77. The van der Waals surface area contributed by atoms with Gasteiger partial charge in [0.15, 0.2) is 17.6 Å². The molecule has 0 bridgehead atoms. The van der Waals surface area contributed by atoms with Gasteiger partial charge in [-0.15, -0.1) is 11.3 Å². The van der Waals surface area contributed by atoms with Gasteiger partial charge in [-0.3, -0.25) is 9.59 Å². The third-order valence-electron chi connectivity index (χ3n) is 4.47. The number of nitrogens with one attached hydrogen (secondary N) is 1. The third kappa shape index (κ3) is 4.31. The molecular formula is C21H19ClN2O4S. The number of ketones is 2. The van der Waals surface area contributed by atoms with Gasteiger partial charge >= 0.3 is 5.97 Å². The topological polar surface area (TPSA) is 89.1 Å². The zero-order valence-corrected chi connectivity index (χ0v) is 17.9. The fourth-order valence-electron chi connectivity index (χ4n) is 3.12. The van der Waals surface area contributed by atoms with E-state index in [0.717, 1.165) is 5.56 Å². The van der Waals surface area contributed by atoms with Crippen molar-refractivity contribution in [2.45, 2.75) is 33.8 Å². The van der Waals surface area contributed by atoms with Crippen molar-refractivity contribution < 1.29 is 19.1 Å². The Morgan fingerprint density at radius 2 is 1.97 bits per heavy atom. The van der Waals surface area contributed by atoms with Crippen LogP contribution < -0.4 is 0 Å². The van der Waals surface area contributed by atoms with Gasteiger partial charge in [0.1, 0.15) is 5.01 Å². The third-order valence-corrected chi connectivity index (χ3v) is 5.60. The van der Waals surface area contributed by atoms with E-state index < -0.39 is 17.9 Å². The standard InChI is InChI=1S/C21H19ClN2O4S/c1-10-17(12(3)25)11(2)23-18(10)19(26)13(4)28-21(27)16-9-29-20(24-16)14-6-5-7-15(22)8-14/h5-9,13,23H,1-4H3. The summed E-state index contributed by atoms with van der Waals surface area (Å²) in [5.41, 5.74) is 2.83. The number of esters is 1. The molecule has 3 aromatic rings. The first-order valence-corrected chi connectivity index (χ1v) is 10.1. The first-order valence-electron chi connectivity index (χ1n) is 8.85. The summed E-state index contributed by atoms with van der Waals surface area (Å²) < 4.78 is 5.31. The molecule has 1 atom stereocenters. The molecule has 3 rings (SSSR count). The Morgan fingerprint density at radius 3 is 2.59 bits per heavy atom. The largest absolute Gasteiger partial charge is 0.449 e. The highest BCUT2D eigenvalue weighted by Gasteiger charge is 2.27. The van der Waals surface area contributed by atoms with Gasteiger partial charge in [0, 0.05) is 27.2 Å². The van der Waals surface area contributed by atoms with Gasteiger partial charge in [0.25, 0.3) is 0 Å². The molecule has 0 aliphatic heterocycles. The van der Waals surface area contributed by atoms with Crippen molar-refractivity contribution >= 4 is 40.5 Å². The molecule has 150 valence electrons. The maximum atomic E-state index is 12.7. The fourth-order valence-corrected chi connectivity index (χ4v) is 4.10. The molecule has 1 unspecified atom stereocenters. The van der Waals surface area contributed by atoms with E-state index in [2.05, 4.69) is 9.97 Å². The van der Waals surface area contributed by atoms with Gasteiger partial charge in [-0.25, -0.2) is 9.78 Å². The average Bonchev–Trinajstić information content (AvgIpc) is 3.26. The number of nitrogens with zero attached hydrogens (tertiary/aromatic N) is 1. The quantitative estimate of drug-likeness (QED) is 0.437. The summed E-state index contributed by atoms with van der Waals surface area (Å²) in [6.45, 7) is 6.36. The molecule has 0 saturated carbocycles. The summed E-state index contributed by atoms with van der Waals surface area (Å²) >= 11 is 7.28. The first kappa shape index (κ1) is 21.0. The van der Waals surface area contributed by atoms with Crippen LogP contribution in [0, 0.1) is 13.8 Å². The maximum Gasteiger partial charge on any atom is 0.358 e. The number of aromatic amines is 1. The summed E-state index contributed by atoms with van der Waals surface area (Å²) in [7, 11) is 0. The summed E-state index contributed by atoms with van der Waals surface area (Å²) in [6, 6.07) is 7.15. The molecule has 0 aliphatic carbocycles. The number of ether oxygens (including phenoxy) is 1. The molecule has 1 N–H and O–H groups in total. The number of aromatic nitrogens is 2. The van der Waals surface area contributed by atoms with Crippen molar-refractivity contribution in [1.82, 2.24) is 9.97 Å². The Bertz CT molecular complexity index is 1120. The van der Waals surface area contributed by atoms with Crippen LogP contribution in [0.5, 0.6) is 0 Å². The normalized spacial score (nSPS) is 11.9. The van der Waals surface area contributed by atoms with Crippen LogP contribution in [0.3, 0.4) is 0 Å². The number of Topliss-reactive ketones (excluding diaryl/α,β-unsaturated/α-hetero) is 2. The fraction of sp³-hybridized carbons (Fsp3) is 0.238. The second-order valence-corrected chi connectivity index (χ2v) is 7.94. The van der Waals surface area contributed by atoms with Crippen LogP contribution in [0.15, 0.2) is 29.6 Å². The number of thiazole rings is 1. The molecular weight excluding hydrogens is 412 g/mol. The maximum absolute atomic E-state index is 12.7. The minimum atomic E-state index is -1.03. The van der Waals surface area contributed by atoms with Gasteiger partial charge in [-0.2, -0.15) is 0 Å². The Balaban J connectivity index is 1.75. The molecule has 2 heterocycles. The second-order valence-electron chi connectivity index (χ2n) is 6.64. The number of halogens is 1. The molecule has 0 aliphatic rings. The number of aryl methyl sites for hydroxylation is 1. The highest BCUT2D eigenvalue weighted by atomic mass is 35.5. The predicted molar refractivity (Wildman–Crippen MR) is 112 cm³/mol. The van der Waals surface area contributed by atoms with Crippen molar-refractivity contribution in [2.75, 3.05) is 0 Å². The molecule has 0 amide bonds. The lowest BCUT2D eigenvalue weighted by atomic mass is 10.0. The van der Waals surface area contributed by atoms with E-state index in [1.165, 1.54) is 25.2 Å². The molecule has 6 nitrogen and oxygen atoms in total. The van der Waals surface area contributed by atoms with Gasteiger partial charge in [-0.05, 0) is 45.4 Å². The van der Waals surface area contributed by atoms with E-state index in [1.54, 1.807) is 37.4 Å². The van der Waals surface area contributed by atoms with Crippen LogP contribution in [-0.4, -0.2) is 33.6 Å². The molecule has 0 saturated heterocycles.